The Morgan fingerprint density at radius 3 is 2.53 bits per heavy atom. The Morgan fingerprint density at radius 1 is 1.37 bits per heavy atom. The lowest BCUT2D eigenvalue weighted by molar-refractivity contribution is 0.567. The topological polar surface area (TPSA) is 101 Å². The van der Waals surface area contributed by atoms with Gasteiger partial charge in [-0.1, -0.05) is 28.1 Å². The highest BCUT2D eigenvalue weighted by Gasteiger charge is 2.22. The number of benzene rings is 1. The summed E-state index contributed by atoms with van der Waals surface area (Å²) in [7, 11) is -3.69. The lowest BCUT2D eigenvalue weighted by atomic mass is 10.1. The molecule has 0 saturated heterocycles. The lowest BCUT2D eigenvalue weighted by Crippen LogP contribution is -2.27. The fraction of sp³-hybridized carbons (Fsp3) is 0.182. The number of nitrogens with one attached hydrogen (secondary N) is 2. The van der Waals surface area contributed by atoms with Crippen molar-refractivity contribution in [2.24, 2.45) is 0 Å². The number of rotatable bonds is 4. The van der Waals surface area contributed by atoms with Crippen molar-refractivity contribution >= 4 is 31.8 Å². The van der Waals surface area contributed by atoms with Crippen LogP contribution in [0.25, 0.3) is 0 Å². The first kappa shape index (κ1) is 14.0. The molecule has 1 unspecified atom stereocenters. The highest BCUT2D eigenvalue weighted by Crippen LogP contribution is 2.20. The molecule has 0 radical (unpaired) electrons. The molecule has 8 heteroatoms. The third-order valence-electron chi connectivity index (χ3n) is 2.62. The van der Waals surface area contributed by atoms with E-state index in [0.29, 0.717) is 0 Å². The number of hydrogen-bond donors (Lipinski definition) is 3. The van der Waals surface area contributed by atoms with Crippen molar-refractivity contribution in [2.75, 3.05) is 5.73 Å². The number of nitrogens with zero attached hydrogens (tertiary/aromatic N) is 1. The van der Waals surface area contributed by atoms with Crippen molar-refractivity contribution < 1.29 is 8.42 Å². The molecule has 0 saturated carbocycles. The summed E-state index contributed by atoms with van der Waals surface area (Å²) in [5, 5.41) is 6.00. The molecule has 6 nitrogen and oxygen atoms in total. The van der Waals surface area contributed by atoms with Crippen LogP contribution in [0.5, 0.6) is 0 Å². The van der Waals surface area contributed by atoms with Crippen molar-refractivity contribution in [2.45, 2.75) is 17.9 Å². The quantitative estimate of drug-likeness (QED) is 0.786. The maximum absolute atomic E-state index is 12.1. The predicted octanol–water partition coefficient (Wildman–Crippen LogP) is 1.79. The smallest absolute Gasteiger partial charge is 0.246 e. The molecule has 102 valence electrons. The first-order valence-electron chi connectivity index (χ1n) is 5.47. The molecule has 0 spiro atoms. The molecule has 0 amide bonds. The average Bonchev–Trinajstić information content (AvgIpc) is 2.76. The van der Waals surface area contributed by atoms with Gasteiger partial charge in [0.15, 0.2) is 0 Å². The Balaban J connectivity index is 2.21. The molecule has 1 heterocycles. The van der Waals surface area contributed by atoms with Gasteiger partial charge in [0.2, 0.25) is 10.0 Å². The van der Waals surface area contributed by atoms with E-state index in [1.807, 2.05) is 24.3 Å². The van der Waals surface area contributed by atoms with Crippen LogP contribution < -0.4 is 10.5 Å². The average molecular weight is 345 g/mol. The second kappa shape index (κ2) is 5.32. The van der Waals surface area contributed by atoms with Gasteiger partial charge < -0.3 is 5.73 Å². The predicted molar refractivity (Wildman–Crippen MR) is 75.9 cm³/mol. The standard InChI is InChI=1S/C11H13BrN4O2S/c1-7(8-2-4-9(12)5-3-8)16-19(17,18)10-6-14-15-11(10)13/h2-7,16H,1H3,(H3,13,14,15). The summed E-state index contributed by atoms with van der Waals surface area (Å²) >= 11 is 3.33. The van der Waals surface area contributed by atoms with Crippen LogP contribution in [0.15, 0.2) is 39.8 Å². The lowest BCUT2D eigenvalue weighted by Gasteiger charge is -2.14. The van der Waals surface area contributed by atoms with Crippen LogP contribution in [0, 0.1) is 0 Å². The van der Waals surface area contributed by atoms with Crippen LogP contribution in [-0.2, 0) is 10.0 Å². The van der Waals surface area contributed by atoms with E-state index in [1.54, 1.807) is 6.92 Å². The zero-order valence-corrected chi connectivity index (χ0v) is 12.5. The fourth-order valence-corrected chi connectivity index (χ4v) is 3.13. The molecule has 0 bridgehead atoms. The first-order chi connectivity index (χ1) is 8.90. The van der Waals surface area contributed by atoms with Crippen LogP contribution in [0.2, 0.25) is 0 Å². The summed E-state index contributed by atoms with van der Waals surface area (Å²) in [6.07, 6.45) is 1.19. The molecule has 19 heavy (non-hydrogen) atoms. The minimum absolute atomic E-state index is 0.0236. The summed E-state index contributed by atoms with van der Waals surface area (Å²) in [6.45, 7) is 1.76. The van der Waals surface area contributed by atoms with E-state index in [0.717, 1.165) is 10.0 Å². The van der Waals surface area contributed by atoms with E-state index in [4.69, 9.17) is 5.73 Å². The van der Waals surface area contributed by atoms with E-state index in [-0.39, 0.29) is 16.8 Å². The van der Waals surface area contributed by atoms with E-state index in [2.05, 4.69) is 30.8 Å². The zero-order valence-electron chi connectivity index (χ0n) is 10.1. The number of aromatic amines is 1. The summed E-state index contributed by atoms with van der Waals surface area (Å²) in [5.41, 5.74) is 6.37. The zero-order chi connectivity index (χ0) is 14.0. The molecule has 2 aromatic rings. The molecule has 1 aromatic heterocycles. The number of nitrogen functional groups attached to an aromatic ring is 1. The number of anilines is 1. The van der Waals surface area contributed by atoms with Gasteiger partial charge in [-0.2, -0.15) is 5.10 Å². The van der Waals surface area contributed by atoms with Crippen LogP contribution in [0.4, 0.5) is 5.82 Å². The van der Waals surface area contributed by atoms with Crippen molar-refractivity contribution in [1.29, 1.82) is 0 Å². The molecule has 0 aliphatic carbocycles. The van der Waals surface area contributed by atoms with Gasteiger partial charge in [0.1, 0.15) is 10.7 Å². The van der Waals surface area contributed by atoms with Gasteiger partial charge in [-0.25, -0.2) is 13.1 Å². The van der Waals surface area contributed by atoms with Gasteiger partial charge in [0.25, 0.3) is 0 Å². The summed E-state index contributed by atoms with van der Waals surface area (Å²) in [4.78, 5) is -0.0449. The number of aromatic nitrogens is 2. The third kappa shape index (κ3) is 3.14. The van der Waals surface area contributed by atoms with Crippen LogP contribution in [-0.4, -0.2) is 18.6 Å². The molecule has 4 N–H and O–H groups in total. The second-order valence-electron chi connectivity index (χ2n) is 4.04. The van der Waals surface area contributed by atoms with Crippen molar-refractivity contribution in [3.05, 3.63) is 40.5 Å². The van der Waals surface area contributed by atoms with Gasteiger partial charge >= 0.3 is 0 Å². The van der Waals surface area contributed by atoms with Gasteiger partial charge in [0, 0.05) is 10.5 Å². The van der Waals surface area contributed by atoms with E-state index in [1.165, 1.54) is 6.20 Å². The normalized spacial score (nSPS) is 13.4. The number of nitrogens with two attached hydrogens (primary N) is 1. The fourth-order valence-electron chi connectivity index (χ4n) is 1.61. The Bertz CT molecular complexity index is 666. The van der Waals surface area contributed by atoms with Crippen molar-refractivity contribution in [3.8, 4) is 0 Å². The number of hydrogen-bond acceptors (Lipinski definition) is 4. The molecule has 1 atom stereocenters. The highest BCUT2D eigenvalue weighted by atomic mass is 79.9. The molecule has 0 fully saturated rings. The first-order valence-corrected chi connectivity index (χ1v) is 7.74. The summed E-state index contributed by atoms with van der Waals surface area (Å²) in [5.74, 6) is 0.0236. The van der Waals surface area contributed by atoms with Gasteiger partial charge in [-0.3, -0.25) is 5.10 Å². The van der Waals surface area contributed by atoms with Gasteiger partial charge in [0.05, 0.1) is 6.20 Å². The monoisotopic (exact) mass is 344 g/mol. The van der Waals surface area contributed by atoms with E-state index >= 15 is 0 Å². The molecular formula is C11H13BrN4O2S. The van der Waals surface area contributed by atoms with Gasteiger partial charge in [-0.15, -0.1) is 0 Å². The molecule has 1 aromatic carbocycles. The highest BCUT2D eigenvalue weighted by molar-refractivity contribution is 9.10. The minimum atomic E-state index is -3.69. The van der Waals surface area contributed by atoms with Crippen LogP contribution in [0.1, 0.15) is 18.5 Å². The molecular weight excluding hydrogens is 332 g/mol. The van der Waals surface area contributed by atoms with E-state index < -0.39 is 10.0 Å². The van der Waals surface area contributed by atoms with E-state index in [9.17, 15) is 8.42 Å². The Kier molecular flexibility index (Phi) is 3.93. The molecule has 0 aliphatic heterocycles. The number of H-pyrrole nitrogens is 1. The Morgan fingerprint density at radius 2 is 2.00 bits per heavy atom. The summed E-state index contributed by atoms with van der Waals surface area (Å²) in [6, 6.07) is 7.03. The second-order valence-corrected chi connectivity index (χ2v) is 6.64. The maximum Gasteiger partial charge on any atom is 0.246 e. The molecule has 2 rings (SSSR count). The minimum Gasteiger partial charge on any atom is -0.383 e. The summed E-state index contributed by atoms with van der Waals surface area (Å²) < 4.78 is 27.7. The Labute approximate surface area is 119 Å². The largest absolute Gasteiger partial charge is 0.383 e. The third-order valence-corrected chi connectivity index (χ3v) is 4.72. The van der Waals surface area contributed by atoms with Crippen molar-refractivity contribution in [1.82, 2.24) is 14.9 Å². The van der Waals surface area contributed by atoms with Crippen LogP contribution >= 0.6 is 15.9 Å². The number of sulfonamides is 1. The SMILES string of the molecule is CC(NS(=O)(=O)c1cn[nH]c1N)c1ccc(Br)cc1. The molecule has 0 aliphatic rings. The maximum atomic E-state index is 12.1. The van der Waals surface area contributed by atoms with Gasteiger partial charge in [-0.05, 0) is 24.6 Å². The van der Waals surface area contributed by atoms with Crippen molar-refractivity contribution in [3.63, 3.8) is 0 Å². The Hall–Kier alpha value is -1.38. The number of halogens is 1. The van der Waals surface area contributed by atoms with Crippen LogP contribution in [0.3, 0.4) is 0 Å².